The molecule has 4 saturated carbocycles. The van der Waals surface area contributed by atoms with Crippen molar-refractivity contribution in [3.8, 4) is 0 Å². The highest BCUT2D eigenvalue weighted by Gasteiger charge is 2.44. The van der Waals surface area contributed by atoms with Crippen molar-refractivity contribution >= 4 is 0 Å². The van der Waals surface area contributed by atoms with E-state index in [1.54, 1.807) is 0 Å². The predicted octanol–water partition coefficient (Wildman–Crippen LogP) is 10.4. The molecule has 0 spiro atoms. The molecular formula is C32H55F3. The molecule has 4 aliphatic carbocycles. The summed E-state index contributed by atoms with van der Waals surface area (Å²) in [6.45, 7) is 4.46. The van der Waals surface area contributed by atoms with Crippen LogP contribution in [0.5, 0.6) is 0 Å². The van der Waals surface area contributed by atoms with Crippen LogP contribution in [0.25, 0.3) is 0 Å². The third kappa shape index (κ3) is 7.22. The first kappa shape index (κ1) is 27.8. The summed E-state index contributed by atoms with van der Waals surface area (Å²) in [5.74, 6) is 3.46. The lowest BCUT2D eigenvalue weighted by atomic mass is 9.65. The lowest BCUT2D eigenvalue weighted by molar-refractivity contribution is -0.0162. The van der Waals surface area contributed by atoms with E-state index in [-0.39, 0.29) is 11.8 Å². The van der Waals surface area contributed by atoms with Crippen molar-refractivity contribution in [3.63, 3.8) is 0 Å². The minimum atomic E-state index is -1.24. The monoisotopic (exact) mass is 496 g/mol. The van der Waals surface area contributed by atoms with Gasteiger partial charge in [-0.3, -0.25) is 0 Å². The molecule has 3 heteroatoms. The quantitative estimate of drug-likeness (QED) is 0.298. The van der Waals surface area contributed by atoms with E-state index in [1.165, 1.54) is 64.2 Å². The molecule has 0 bridgehead atoms. The molecule has 4 rings (SSSR count). The van der Waals surface area contributed by atoms with Gasteiger partial charge in [0.1, 0.15) is 18.5 Å². The summed E-state index contributed by atoms with van der Waals surface area (Å²) in [6, 6.07) is 0. The zero-order valence-corrected chi connectivity index (χ0v) is 22.9. The standard InChI is InChI=1S/C32H55F3/c1-3-5-6-26-17-18-28(21-30(26)33)24-12-9-23(10-13-24)11-16-27-19-20-29(32(35)31(27)34)25-14-7-22(4-2)8-15-25/h22-32H,3-21H2,1-2H3/t22?,23?,24?,25?,26-,27-,28?,29-,30?,31?,32?/m0/s1. The van der Waals surface area contributed by atoms with Crippen LogP contribution in [-0.2, 0) is 0 Å². The Morgan fingerprint density at radius 2 is 1.17 bits per heavy atom. The lowest BCUT2D eigenvalue weighted by Crippen LogP contribution is -2.42. The number of halogens is 3. The molecule has 0 nitrogen and oxygen atoms in total. The topological polar surface area (TPSA) is 0 Å². The Bertz CT molecular complexity index is 592. The molecule has 7 atom stereocenters. The molecule has 0 heterocycles. The van der Waals surface area contributed by atoms with E-state index in [1.807, 2.05) is 0 Å². The SMILES string of the molecule is CCCC[C@H]1CCC(C2CCC(CC[C@H]3CC[C@@H](C4CCC(CC)CC4)C(F)C3F)CC2)CC1F. The summed E-state index contributed by atoms with van der Waals surface area (Å²) < 4.78 is 45.1. The highest BCUT2D eigenvalue weighted by atomic mass is 19.2. The van der Waals surface area contributed by atoms with Crippen molar-refractivity contribution in [2.24, 2.45) is 47.3 Å². The van der Waals surface area contributed by atoms with Crippen LogP contribution in [-0.4, -0.2) is 18.5 Å². The van der Waals surface area contributed by atoms with Gasteiger partial charge in [-0.15, -0.1) is 0 Å². The first-order valence-corrected chi connectivity index (χ1v) is 15.9. The van der Waals surface area contributed by atoms with Gasteiger partial charge in [0.15, 0.2) is 0 Å². The summed E-state index contributed by atoms with van der Waals surface area (Å²) in [4.78, 5) is 0. The van der Waals surface area contributed by atoms with Crippen LogP contribution < -0.4 is 0 Å². The molecule has 0 radical (unpaired) electrons. The van der Waals surface area contributed by atoms with Crippen molar-refractivity contribution in [2.75, 3.05) is 0 Å². The number of unbranched alkanes of at least 4 members (excludes halogenated alkanes) is 1. The summed E-state index contributed by atoms with van der Waals surface area (Å²) in [7, 11) is 0. The summed E-state index contributed by atoms with van der Waals surface area (Å²) in [5.41, 5.74) is 0. The molecule has 4 aliphatic rings. The molecule has 0 N–H and O–H groups in total. The van der Waals surface area contributed by atoms with Crippen molar-refractivity contribution < 1.29 is 13.2 Å². The Balaban J connectivity index is 1.15. The molecule has 204 valence electrons. The fraction of sp³-hybridized carbons (Fsp3) is 1.00. The minimum absolute atomic E-state index is 0.0223. The zero-order chi connectivity index (χ0) is 24.8. The summed E-state index contributed by atoms with van der Waals surface area (Å²) in [5, 5.41) is 0. The van der Waals surface area contributed by atoms with E-state index in [0.29, 0.717) is 29.6 Å². The summed E-state index contributed by atoms with van der Waals surface area (Å²) >= 11 is 0. The first-order chi connectivity index (χ1) is 17.0. The fourth-order valence-corrected chi connectivity index (χ4v) is 8.87. The van der Waals surface area contributed by atoms with E-state index in [4.69, 9.17) is 0 Å². The van der Waals surface area contributed by atoms with Crippen molar-refractivity contribution in [2.45, 2.75) is 154 Å². The predicted molar refractivity (Wildman–Crippen MR) is 142 cm³/mol. The lowest BCUT2D eigenvalue weighted by Gasteiger charge is -2.42. The average molecular weight is 497 g/mol. The maximum absolute atomic E-state index is 15.2. The van der Waals surface area contributed by atoms with Gasteiger partial charge >= 0.3 is 0 Å². The van der Waals surface area contributed by atoms with Gasteiger partial charge in [0.25, 0.3) is 0 Å². The molecular weight excluding hydrogens is 441 g/mol. The van der Waals surface area contributed by atoms with Crippen molar-refractivity contribution in [1.29, 1.82) is 0 Å². The molecule has 0 aromatic rings. The molecule has 0 amide bonds. The van der Waals surface area contributed by atoms with Gasteiger partial charge in [-0.1, -0.05) is 65.2 Å². The van der Waals surface area contributed by atoms with Gasteiger partial charge in [0.2, 0.25) is 0 Å². The minimum Gasteiger partial charge on any atom is -0.247 e. The Morgan fingerprint density at radius 1 is 0.543 bits per heavy atom. The average Bonchev–Trinajstić information content (AvgIpc) is 2.89. The van der Waals surface area contributed by atoms with Gasteiger partial charge in [-0.2, -0.15) is 0 Å². The van der Waals surface area contributed by atoms with E-state index < -0.39 is 18.5 Å². The molecule has 0 aliphatic heterocycles. The molecule has 4 unspecified atom stereocenters. The number of hydrogen-bond donors (Lipinski definition) is 0. The second kappa shape index (κ2) is 13.5. The zero-order valence-electron chi connectivity index (χ0n) is 22.9. The van der Waals surface area contributed by atoms with Crippen LogP contribution in [0.3, 0.4) is 0 Å². The van der Waals surface area contributed by atoms with E-state index >= 15 is 8.78 Å². The maximum atomic E-state index is 15.2. The summed E-state index contributed by atoms with van der Waals surface area (Å²) in [6.07, 6.45) is 18.1. The fourth-order valence-electron chi connectivity index (χ4n) is 8.87. The molecule has 4 fully saturated rings. The van der Waals surface area contributed by atoms with Crippen LogP contribution in [0.2, 0.25) is 0 Å². The largest absolute Gasteiger partial charge is 0.247 e. The van der Waals surface area contributed by atoms with E-state index in [2.05, 4.69) is 13.8 Å². The van der Waals surface area contributed by atoms with Crippen molar-refractivity contribution in [1.82, 2.24) is 0 Å². The molecule has 35 heavy (non-hydrogen) atoms. The van der Waals surface area contributed by atoms with Crippen molar-refractivity contribution in [3.05, 3.63) is 0 Å². The van der Waals surface area contributed by atoms with Crippen LogP contribution >= 0.6 is 0 Å². The van der Waals surface area contributed by atoms with Crippen LogP contribution in [0, 0.1) is 47.3 Å². The van der Waals surface area contributed by atoms with E-state index in [9.17, 15) is 4.39 Å². The Morgan fingerprint density at radius 3 is 1.83 bits per heavy atom. The van der Waals surface area contributed by atoms with Gasteiger partial charge in [0, 0.05) is 0 Å². The van der Waals surface area contributed by atoms with E-state index in [0.717, 1.165) is 63.7 Å². The highest BCUT2D eigenvalue weighted by molar-refractivity contribution is 4.93. The Hall–Kier alpha value is -0.210. The van der Waals surface area contributed by atoms with Gasteiger partial charge in [-0.25, -0.2) is 13.2 Å². The number of hydrogen-bond acceptors (Lipinski definition) is 0. The van der Waals surface area contributed by atoms with Gasteiger partial charge < -0.3 is 0 Å². The third-order valence-corrected chi connectivity index (χ3v) is 11.5. The van der Waals surface area contributed by atoms with Crippen LogP contribution in [0.4, 0.5) is 13.2 Å². The highest BCUT2D eigenvalue weighted by Crippen LogP contribution is 2.47. The number of alkyl halides is 3. The third-order valence-electron chi connectivity index (χ3n) is 11.5. The van der Waals surface area contributed by atoms with Crippen LogP contribution in [0.15, 0.2) is 0 Å². The van der Waals surface area contributed by atoms with Crippen LogP contribution in [0.1, 0.15) is 136 Å². The Labute approximate surface area is 215 Å². The van der Waals surface area contributed by atoms with Gasteiger partial charge in [0.05, 0.1) is 0 Å². The molecule has 0 aromatic heterocycles. The molecule has 0 saturated heterocycles. The first-order valence-electron chi connectivity index (χ1n) is 15.9. The smallest absolute Gasteiger partial charge is 0.134 e. The maximum Gasteiger partial charge on any atom is 0.134 e. The van der Waals surface area contributed by atoms with Gasteiger partial charge in [-0.05, 0) is 118 Å². The molecule has 0 aromatic carbocycles. The Kier molecular flexibility index (Phi) is 10.8. The normalized spacial score (nSPS) is 45.3. The second-order valence-corrected chi connectivity index (χ2v) is 13.4. The second-order valence-electron chi connectivity index (χ2n) is 13.4. The number of rotatable bonds is 9.